The second-order valence-corrected chi connectivity index (χ2v) is 4.92. The van der Waals surface area contributed by atoms with E-state index < -0.39 is 0 Å². The zero-order valence-electron chi connectivity index (χ0n) is 9.67. The highest BCUT2D eigenvalue weighted by Gasteiger charge is 2.19. The van der Waals surface area contributed by atoms with Gasteiger partial charge in [-0.05, 0) is 55.0 Å². The van der Waals surface area contributed by atoms with Crippen LogP contribution in [0.25, 0.3) is 0 Å². The van der Waals surface area contributed by atoms with Crippen LogP contribution < -0.4 is 5.32 Å². The summed E-state index contributed by atoms with van der Waals surface area (Å²) in [6, 6.07) is 6.75. The number of hydrogen-bond acceptors (Lipinski definition) is 2. The standard InChI is InChI=1S/C14H19NO/c1-2-12-5-7-16-10-14(12)13(3-1)8-11-4-6-15-9-11/h1-3,11,15H,4-10H2. The minimum atomic E-state index is 0.825. The van der Waals surface area contributed by atoms with Crippen LogP contribution in [0.2, 0.25) is 0 Å². The summed E-state index contributed by atoms with van der Waals surface area (Å²) in [5.74, 6) is 0.827. The van der Waals surface area contributed by atoms with Crippen molar-refractivity contribution < 1.29 is 4.74 Å². The Hall–Kier alpha value is -0.860. The zero-order valence-corrected chi connectivity index (χ0v) is 9.67. The molecule has 86 valence electrons. The summed E-state index contributed by atoms with van der Waals surface area (Å²) in [5, 5.41) is 3.44. The summed E-state index contributed by atoms with van der Waals surface area (Å²) in [6.45, 7) is 4.09. The van der Waals surface area contributed by atoms with Gasteiger partial charge in [-0.15, -0.1) is 0 Å². The molecule has 0 spiro atoms. The molecule has 2 heterocycles. The molecule has 2 heteroatoms. The molecule has 0 radical (unpaired) electrons. The molecule has 0 amide bonds. The maximum atomic E-state index is 5.59. The van der Waals surface area contributed by atoms with Gasteiger partial charge in [0.05, 0.1) is 13.2 Å². The van der Waals surface area contributed by atoms with Crippen LogP contribution in [0.3, 0.4) is 0 Å². The molecule has 2 aliphatic heterocycles. The van der Waals surface area contributed by atoms with Crippen molar-refractivity contribution in [2.75, 3.05) is 19.7 Å². The predicted octanol–water partition coefficient (Wildman–Crippen LogP) is 1.91. The fraction of sp³-hybridized carbons (Fsp3) is 0.571. The fourth-order valence-electron chi connectivity index (χ4n) is 2.85. The summed E-state index contributed by atoms with van der Waals surface area (Å²) >= 11 is 0. The Kier molecular flexibility index (Phi) is 2.94. The SMILES string of the molecule is c1cc2c(c(CC3CCNC3)c1)COCC2. The van der Waals surface area contributed by atoms with Gasteiger partial charge in [0.2, 0.25) is 0 Å². The summed E-state index contributed by atoms with van der Waals surface area (Å²) in [7, 11) is 0. The maximum absolute atomic E-state index is 5.59. The Bertz CT molecular complexity index is 369. The summed E-state index contributed by atoms with van der Waals surface area (Å²) in [4.78, 5) is 0. The summed E-state index contributed by atoms with van der Waals surface area (Å²) in [6.07, 6.45) is 3.64. The van der Waals surface area contributed by atoms with Crippen molar-refractivity contribution in [3.63, 3.8) is 0 Å². The van der Waals surface area contributed by atoms with Gasteiger partial charge in [0.25, 0.3) is 0 Å². The monoisotopic (exact) mass is 217 g/mol. The zero-order chi connectivity index (χ0) is 10.8. The highest BCUT2D eigenvalue weighted by molar-refractivity contribution is 5.36. The predicted molar refractivity (Wildman–Crippen MR) is 64.5 cm³/mol. The number of nitrogens with one attached hydrogen (secondary N) is 1. The fourth-order valence-corrected chi connectivity index (χ4v) is 2.85. The molecule has 3 rings (SSSR count). The van der Waals surface area contributed by atoms with Gasteiger partial charge in [0.15, 0.2) is 0 Å². The van der Waals surface area contributed by atoms with E-state index in [-0.39, 0.29) is 0 Å². The van der Waals surface area contributed by atoms with E-state index in [0.29, 0.717) is 0 Å². The lowest BCUT2D eigenvalue weighted by molar-refractivity contribution is 0.110. The van der Waals surface area contributed by atoms with Gasteiger partial charge in [-0.2, -0.15) is 0 Å². The first-order valence-corrected chi connectivity index (χ1v) is 6.31. The van der Waals surface area contributed by atoms with Gasteiger partial charge in [-0.25, -0.2) is 0 Å². The van der Waals surface area contributed by atoms with E-state index in [0.717, 1.165) is 25.6 Å². The van der Waals surface area contributed by atoms with E-state index >= 15 is 0 Å². The van der Waals surface area contributed by atoms with Crippen LogP contribution in [0.5, 0.6) is 0 Å². The second kappa shape index (κ2) is 4.56. The Labute approximate surface area is 97.0 Å². The normalized spacial score (nSPS) is 24.4. The van der Waals surface area contributed by atoms with Crippen molar-refractivity contribution in [3.05, 3.63) is 34.9 Å². The Morgan fingerprint density at radius 1 is 1.38 bits per heavy atom. The van der Waals surface area contributed by atoms with Crippen LogP contribution in [-0.2, 0) is 24.2 Å². The van der Waals surface area contributed by atoms with E-state index in [1.54, 1.807) is 0 Å². The number of rotatable bonds is 2. The number of benzene rings is 1. The molecule has 1 fully saturated rings. The van der Waals surface area contributed by atoms with E-state index in [1.807, 2.05) is 0 Å². The Balaban J connectivity index is 1.82. The lowest BCUT2D eigenvalue weighted by atomic mass is 9.91. The topological polar surface area (TPSA) is 21.3 Å². The van der Waals surface area contributed by atoms with Gasteiger partial charge < -0.3 is 10.1 Å². The minimum absolute atomic E-state index is 0.825. The molecule has 0 aromatic heterocycles. The van der Waals surface area contributed by atoms with Crippen LogP contribution in [-0.4, -0.2) is 19.7 Å². The van der Waals surface area contributed by atoms with E-state index in [9.17, 15) is 0 Å². The van der Waals surface area contributed by atoms with Crippen molar-refractivity contribution in [1.82, 2.24) is 5.32 Å². The van der Waals surface area contributed by atoms with Gasteiger partial charge in [-0.1, -0.05) is 18.2 Å². The molecule has 1 saturated heterocycles. The molecule has 16 heavy (non-hydrogen) atoms. The smallest absolute Gasteiger partial charge is 0.0722 e. The number of hydrogen-bond donors (Lipinski definition) is 1. The summed E-state index contributed by atoms with van der Waals surface area (Å²) < 4.78 is 5.59. The van der Waals surface area contributed by atoms with Crippen LogP contribution in [0, 0.1) is 5.92 Å². The molecule has 0 bridgehead atoms. The highest BCUT2D eigenvalue weighted by Crippen LogP contribution is 2.24. The Morgan fingerprint density at radius 3 is 3.25 bits per heavy atom. The van der Waals surface area contributed by atoms with Gasteiger partial charge in [-0.3, -0.25) is 0 Å². The highest BCUT2D eigenvalue weighted by atomic mass is 16.5. The lowest BCUT2D eigenvalue weighted by Gasteiger charge is -2.21. The molecule has 1 aromatic carbocycles. The molecule has 2 aliphatic rings. The third kappa shape index (κ3) is 2.00. The number of fused-ring (bicyclic) bond motifs is 1. The van der Waals surface area contributed by atoms with E-state index in [4.69, 9.17) is 4.74 Å². The van der Waals surface area contributed by atoms with Crippen molar-refractivity contribution in [3.8, 4) is 0 Å². The first kappa shape index (κ1) is 10.3. The molecular weight excluding hydrogens is 198 g/mol. The first-order chi connectivity index (χ1) is 7.93. The van der Waals surface area contributed by atoms with Gasteiger partial charge in [0.1, 0.15) is 0 Å². The molecule has 1 N–H and O–H groups in total. The quantitative estimate of drug-likeness (QED) is 0.817. The van der Waals surface area contributed by atoms with Crippen molar-refractivity contribution in [2.45, 2.75) is 25.9 Å². The molecule has 2 nitrogen and oxygen atoms in total. The van der Waals surface area contributed by atoms with Crippen molar-refractivity contribution in [1.29, 1.82) is 0 Å². The lowest BCUT2D eigenvalue weighted by Crippen LogP contribution is -2.15. The van der Waals surface area contributed by atoms with E-state index in [2.05, 4.69) is 23.5 Å². The summed E-state index contributed by atoms with van der Waals surface area (Å²) in [5.41, 5.74) is 4.50. The molecule has 1 aromatic rings. The van der Waals surface area contributed by atoms with Crippen LogP contribution in [0.1, 0.15) is 23.1 Å². The third-order valence-corrected chi connectivity index (χ3v) is 3.80. The molecular formula is C14H19NO. The average molecular weight is 217 g/mol. The van der Waals surface area contributed by atoms with Crippen LogP contribution >= 0.6 is 0 Å². The molecule has 1 unspecified atom stereocenters. The third-order valence-electron chi connectivity index (χ3n) is 3.80. The Morgan fingerprint density at radius 2 is 2.38 bits per heavy atom. The van der Waals surface area contributed by atoms with E-state index in [1.165, 1.54) is 42.6 Å². The van der Waals surface area contributed by atoms with Gasteiger partial charge in [0, 0.05) is 0 Å². The molecule has 1 atom stereocenters. The van der Waals surface area contributed by atoms with Crippen molar-refractivity contribution in [2.24, 2.45) is 5.92 Å². The molecule has 0 aliphatic carbocycles. The first-order valence-electron chi connectivity index (χ1n) is 6.31. The molecule has 0 saturated carbocycles. The maximum Gasteiger partial charge on any atom is 0.0722 e. The van der Waals surface area contributed by atoms with Crippen LogP contribution in [0.15, 0.2) is 18.2 Å². The number of ether oxygens (including phenoxy) is 1. The minimum Gasteiger partial charge on any atom is -0.376 e. The van der Waals surface area contributed by atoms with Gasteiger partial charge >= 0.3 is 0 Å². The van der Waals surface area contributed by atoms with Crippen LogP contribution in [0.4, 0.5) is 0 Å². The van der Waals surface area contributed by atoms with Crippen molar-refractivity contribution >= 4 is 0 Å². The average Bonchev–Trinajstić information content (AvgIpc) is 2.82. The largest absolute Gasteiger partial charge is 0.376 e. The second-order valence-electron chi connectivity index (χ2n) is 4.92.